The van der Waals surface area contributed by atoms with Gasteiger partial charge in [-0.3, -0.25) is 9.59 Å². The van der Waals surface area contributed by atoms with Crippen molar-refractivity contribution in [3.8, 4) is 11.5 Å². The summed E-state index contributed by atoms with van der Waals surface area (Å²) in [5, 5.41) is 104. The van der Waals surface area contributed by atoms with Gasteiger partial charge in [0.15, 0.2) is 18.0 Å². The lowest BCUT2D eigenvalue weighted by Gasteiger charge is -2.44. The van der Waals surface area contributed by atoms with E-state index in [0.29, 0.717) is 16.7 Å². The molecule has 412 valence electrons. The number of carbonyl (C=O) groups excluding carboxylic acids is 4. The fraction of sp³-hybridized carbons (Fsp3) is 0.529. The molecule has 3 aliphatic rings. The smallest absolute Gasteiger partial charge is 0.339 e. The zero-order chi connectivity index (χ0) is 54.6. The second-order valence-corrected chi connectivity index (χ2v) is 18.5. The first-order chi connectivity index (χ1) is 35.7. The molecule has 0 aromatic heterocycles. The Bertz CT molecular complexity index is 2330. The van der Waals surface area contributed by atoms with Gasteiger partial charge in [-0.15, -0.1) is 0 Å². The van der Waals surface area contributed by atoms with E-state index in [1.165, 1.54) is 54.6 Å². The van der Waals surface area contributed by atoms with Crippen molar-refractivity contribution in [1.82, 2.24) is 0 Å². The molecule has 75 heavy (non-hydrogen) atoms. The lowest BCUT2D eigenvalue weighted by molar-refractivity contribution is -0.328. The molecule has 3 saturated heterocycles. The summed E-state index contributed by atoms with van der Waals surface area (Å²) in [6.07, 6.45) is -23.3. The van der Waals surface area contributed by atoms with E-state index in [4.69, 9.17) is 47.4 Å². The van der Waals surface area contributed by atoms with E-state index in [-0.39, 0.29) is 17.9 Å². The average molecular weight is 1060 g/mol. The number of ether oxygens (including phenoxy) is 10. The van der Waals surface area contributed by atoms with Crippen LogP contribution in [0.4, 0.5) is 0 Å². The number of hydrogen-bond donors (Lipinski definition) is 10. The SMILES string of the molecule is CC(=O)OC[C@H]1O[C@@H](O[C@@](CC(=O)OCc2ccc(O[C@@H]3O[C@H](CO)[C@@H](O)[C@H](O)[C@H]3O)cc2)(CC(C)C)C(=O)OCc2ccc(O[C@@H]3O[C@H](CO)[C@@H](O)[C@H](O)[C@H]3O)cc2)[C@H](O)[C@@H](OC(=O)/C=C\c2ccccc2)[C@@H]1O. The molecule has 0 radical (unpaired) electrons. The molecule has 0 aliphatic carbocycles. The number of esters is 4. The van der Waals surface area contributed by atoms with Gasteiger partial charge in [-0.1, -0.05) is 68.4 Å². The third-order valence-electron chi connectivity index (χ3n) is 12.3. The van der Waals surface area contributed by atoms with Crippen LogP contribution in [0.3, 0.4) is 0 Å². The number of aliphatic hydroxyl groups is 10. The second kappa shape index (κ2) is 26.9. The Morgan fingerprint density at radius 1 is 0.600 bits per heavy atom. The third-order valence-corrected chi connectivity index (χ3v) is 12.3. The maximum atomic E-state index is 14.7. The van der Waals surface area contributed by atoms with Gasteiger partial charge in [0.25, 0.3) is 0 Å². The van der Waals surface area contributed by atoms with Crippen molar-refractivity contribution in [2.45, 2.75) is 145 Å². The van der Waals surface area contributed by atoms with Gasteiger partial charge in [-0.25, -0.2) is 9.59 Å². The van der Waals surface area contributed by atoms with Crippen molar-refractivity contribution in [3.63, 3.8) is 0 Å². The highest BCUT2D eigenvalue weighted by atomic mass is 16.7. The van der Waals surface area contributed by atoms with Crippen molar-refractivity contribution in [3.05, 3.63) is 102 Å². The number of carbonyl (C=O) groups is 4. The van der Waals surface area contributed by atoms with Crippen LogP contribution in [0.5, 0.6) is 11.5 Å². The highest BCUT2D eigenvalue weighted by Gasteiger charge is 2.54. The highest BCUT2D eigenvalue weighted by Crippen LogP contribution is 2.36. The molecule has 16 atom stereocenters. The van der Waals surface area contributed by atoms with Gasteiger partial charge in [-0.2, -0.15) is 0 Å². The Kier molecular flexibility index (Phi) is 21.0. The maximum Gasteiger partial charge on any atom is 0.339 e. The van der Waals surface area contributed by atoms with Crippen molar-refractivity contribution < 1.29 is 118 Å². The predicted octanol–water partition coefficient (Wildman–Crippen LogP) is -1.34. The Morgan fingerprint density at radius 3 is 1.60 bits per heavy atom. The summed E-state index contributed by atoms with van der Waals surface area (Å²) in [4.78, 5) is 53.7. The molecule has 24 heteroatoms. The van der Waals surface area contributed by atoms with Gasteiger partial charge >= 0.3 is 23.9 Å². The topological polar surface area (TPSA) is 363 Å². The number of aliphatic hydroxyl groups excluding tert-OH is 10. The summed E-state index contributed by atoms with van der Waals surface area (Å²) in [6, 6.07) is 20.2. The second-order valence-electron chi connectivity index (χ2n) is 18.5. The zero-order valence-electron chi connectivity index (χ0n) is 41.0. The molecule has 3 aromatic rings. The molecule has 10 N–H and O–H groups in total. The number of rotatable bonds is 22. The van der Waals surface area contributed by atoms with Gasteiger partial charge in [0.1, 0.15) is 98.5 Å². The summed E-state index contributed by atoms with van der Waals surface area (Å²) in [7, 11) is 0. The molecule has 0 spiro atoms. The van der Waals surface area contributed by atoms with Gasteiger partial charge < -0.3 is 98.4 Å². The fourth-order valence-corrected chi connectivity index (χ4v) is 8.28. The monoisotopic (exact) mass is 1060 g/mol. The van der Waals surface area contributed by atoms with Gasteiger partial charge in [-0.05, 0) is 59.4 Å². The largest absolute Gasteiger partial charge is 0.463 e. The number of hydrogen-bond acceptors (Lipinski definition) is 24. The molecular weight excluding hydrogens is 997 g/mol. The van der Waals surface area contributed by atoms with Crippen LogP contribution in [0.2, 0.25) is 0 Å². The first-order valence-corrected chi connectivity index (χ1v) is 23.9. The van der Waals surface area contributed by atoms with Gasteiger partial charge in [0.2, 0.25) is 12.6 Å². The van der Waals surface area contributed by atoms with Gasteiger partial charge in [0, 0.05) is 13.0 Å². The van der Waals surface area contributed by atoms with Crippen LogP contribution in [-0.4, -0.2) is 192 Å². The molecular formula is C51H64O24. The summed E-state index contributed by atoms with van der Waals surface area (Å²) in [5.74, 6) is -4.23. The van der Waals surface area contributed by atoms with E-state index in [1.54, 1.807) is 44.2 Å². The quantitative estimate of drug-likeness (QED) is 0.0316. The Morgan fingerprint density at radius 2 is 1.11 bits per heavy atom. The van der Waals surface area contributed by atoms with Crippen molar-refractivity contribution in [1.29, 1.82) is 0 Å². The fourth-order valence-electron chi connectivity index (χ4n) is 8.28. The average Bonchev–Trinajstić information content (AvgIpc) is 3.39. The standard InChI is InChI=1S/C51H64O24/c1-26(2)19-51(50(65)68-24-30-11-16-32(17-12-30)70-48-44(63)42(61)39(58)34(22-53)72-48,20-37(56)67-23-29-9-14-31(15-10-29)69-47-43(62)41(60)38(57)33(21-52)71-47)75-49-45(64)46(40(59)35(73-49)25-66-27(3)54)74-36(55)18-13-28-7-5-4-6-8-28/h4-18,26,33-35,38-49,52-53,57-64H,19-25H2,1-3H3/b18-13-/t33-,34-,35-,38-,39-,40-,41+,42+,43-,44-,45-,46+,47-,48-,49+,51-/m1/s1. The Labute approximate surface area is 430 Å². The highest BCUT2D eigenvalue weighted by molar-refractivity contribution is 5.87. The lowest BCUT2D eigenvalue weighted by Crippen LogP contribution is -2.63. The molecule has 0 unspecified atom stereocenters. The maximum absolute atomic E-state index is 14.7. The Hall–Kier alpha value is -5.68. The summed E-state index contributed by atoms with van der Waals surface area (Å²) in [6.45, 7) is 1.62. The van der Waals surface area contributed by atoms with E-state index in [2.05, 4.69) is 0 Å². The molecule has 3 aromatic carbocycles. The molecule has 3 fully saturated rings. The molecule has 0 saturated carbocycles. The van der Waals surface area contributed by atoms with Crippen LogP contribution in [0.1, 0.15) is 50.3 Å². The van der Waals surface area contributed by atoms with Crippen LogP contribution in [-0.2, 0) is 70.3 Å². The van der Waals surface area contributed by atoms with Crippen molar-refractivity contribution >= 4 is 30.0 Å². The normalized spacial score (nSPS) is 30.7. The van der Waals surface area contributed by atoms with Crippen LogP contribution < -0.4 is 9.47 Å². The van der Waals surface area contributed by atoms with E-state index < -0.39 is 167 Å². The summed E-state index contributed by atoms with van der Waals surface area (Å²) in [5.41, 5.74) is -1.02. The van der Waals surface area contributed by atoms with Crippen molar-refractivity contribution in [2.24, 2.45) is 5.92 Å². The van der Waals surface area contributed by atoms with E-state index >= 15 is 0 Å². The zero-order valence-corrected chi connectivity index (χ0v) is 41.0. The van der Waals surface area contributed by atoms with Gasteiger partial charge in [0.05, 0.1) is 19.6 Å². The van der Waals surface area contributed by atoms with Crippen LogP contribution in [0, 0.1) is 5.92 Å². The van der Waals surface area contributed by atoms with Crippen LogP contribution in [0.25, 0.3) is 6.08 Å². The van der Waals surface area contributed by atoms with Crippen LogP contribution >= 0.6 is 0 Å². The van der Waals surface area contributed by atoms with E-state index in [1.807, 2.05) is 0 Å². The molecule has 0 bridgehead atoms. The van der Waals surface area contributed by atoms with E-state index in [0.717, 1.165) is 13.0 Å². The van der Waals surface area contributed by atoms with Crippen LogP contribution in [0.15, 0.2) is 84.9 Å². The lowest BCUT2D eigenvalue weighted by atomic mass is 9.88. The van der Waals surface area contributed by atoms with Crippen molar-refractivity contribution in [2.75, 3.05) is 19.8 Å². The molecule has 3 heterocycles. The first kappa shape index (κ1) is 58.6. The third kappa shape index (κ3) is 15.5. The minimum Gasteiger partial charge on any atom is -0.463 e. The molecule has 24 nitrogen and oxygen atoms in total. The molecule has 0 amide bonds. The first-order valence-electron chi connectivity index (χ1n) is 23.9. The summed E-state index contributed by atoms with van der Waals surface area (Å²) >= 11 is 0. The Balaban J connectivity index is 1.23. The minimum absolute atomic E-state index is 0.102. The molecule has 6 rings (SSSR count). The summed E-state index contributed by atoms with van der Waals surface area (Å²) < 4.78 is 56.5. The molecule has 3 aliphatic heterocycles. The predicted molar refractivity (Wildman–Crippen MR) is 252 cm³/mol. The van der Waals surface area contributed by atoms with E-state index in [9.17, 15) is 70.2 Å². The minimum atomic E-state index is -2.37. The number of benzene rings is 3.